The Labute approximate surface area is 83.9 Å². The van der Waals surface area contributed by atoms with E-state index in [0.717, 1.165) is 10.7 Å². The average Bonchev–Trinajstić information content (AvgIpc) is 2.02. The number of aromatic nitrogens is 1. The summed E-state index contributed by atoms with van der Waals surface area (Å²) >= 11 is 1.74. The van der Waals surface area contributed by atoms with Gasteiger partial charge in [-0.2, -0.15) is 0 Å². The largest absolute Gasteiger partial charge is 0.329 e. The molecule has 0 aliphatic carbocycles. The van der Waals surface area contributed by atoms with Crippen molar-refractivity contribution in [3.63, 3.8) is 0 Å². The van der Waals surface area contributed by atoms with Gasteiger partial charge in [-0.3, -0.25) is 0 Å². The van der Waals surface area contributed by atoms with Gasteiger partial charge in [-0.15, -0.1) is 11.8 Å². The number of rotatable bonds is 3. The molecule has 1 rings (SSSR count). The summed E-state index contributed by atoms with van der Waals surface area (Å²) in [5.74, 6) is 0. The molecule has 2 N–H and O–H groups in total. The molecule has 13 heavy (non-hydrogen) atoms. The summed E-state index contributed by atoms with van der Waals surface area (Å²) in [6.45, 7) is 6.92. The first-order chi connectivity index (χ1) is 6.11. The van der Waals surface area contributed by atoms with Gasteiger partial charge in [-0.25, -0.2) is 4.98 Å². The van der Waals surface area contributed by atoms with E-state index in [9.17, 15) is 0 Å². The first kappa shape index (κ1) is 10.5. The normalized spacial score (nSPS) is 12.9. The van der Waals surface area contributed by atoms with Crippen LogP contribution in [0, 0.1) is 13.8 Å². The average molecular weight is 196 g/mol. The van der Waals surface area contributed by atoms with E-state index in [2.05, 4.69) is 31.0 Å². The van der Waals surface area contributed by atoms with Gasteiger partial charge >= 0.3 is 0 Å². The Morgan fingerprint density at radius 3 is 2.69 bits per heavy atom. The Kier molecular flexibility index (Phi) is 3.75. The number of aryl methyl sites for hydroxylation is 2. The number of nitrogens with two attached hydrogens (primary N) is 1. The molecule has 0 spiro atoms. The van der Waals surface area contributed by atoms with Gasteiger partial charge < -0.3 is 5.73 Å². The minimum atomic E-state index is 0.439. The fourth-order valence-electron chi connectivity index (χ4n) is 1.12. The second kappa shape index (κ2) is 4.63. The second-order valence-corrected chi connectivity index (χ2v) is 4.75. The highest BCUT2D eigenvalue weighted by molar-refractivity contribution is 7.99. The van der Waals surface area contributed by atoms with E-state index in [0.29, 0.717) is 11.8 Å². The molecule has 0 fully saturated rings. The number of thioether (sulfide) groups is 1. The van der Waals surface area contributed by atoms with Crippen molar-refractivity contribution in [2.75, 3.05) is 6.54 Å². The van der Waals surface area contributed by atoms with Crippen LogP contribution in [0.4, 0.5) is 0 Å². The Bertz CT molecular complexity index is 266. The minimum absolute atomic E-state index is 0.439. The van der Waals surface area contributed by atoms with Crippen molar-refractivity contribution < 1.29 is 0 Å². The van der Waals surface area contributed by atoms with Crippen LogP contribution in [0.25, 0.3) is 0 Å². The predicted octanol–water partition coefficient (Wildman–Crippen LogP) is 2.14. The van der Waals surface area contributed by atoms with Gasteiger partial charge in [-0.05, 0) is 31.5 Å². The molecular weight excluding hydrogens is 180 g/mol. The topological polar surface area (TPSA) is 38.9 Å². The molecule has 1 aromatic rings. The molecule has 72 valence electrons. The summed E-state index contributed by atoms with van der Waals surface area (Å²) in [6.07, 6.45) is 0. The molecule has 2 nitrogen and oxygen atoms in total. The fraction of sp³-hybridized carbons (Fsp3) is 0.500. The monoisotopic (exact) mass is 196 g/mol. The first-order valence-electron chi connectivity index (χ1n) is 4.44. The maximum Gasteiger partial charge on any atom is 0.0968 e. The molecule has 1 aromatic heterocycles. The summed E-state index contributed by atoms with van der Waals surface area (Å²) in [5.41, 5.74) is 7.89. The van der Waals surface area contributed by atoms with Crippen molar-refractivity contribution in [2.45, 2.75) is 31.0 Å². The quantitative estimate of drug-likeness (QED) is 0.753. The van der Waals surface area contributed by atoms with Crippen LogP contribution in [0.3, 0.4) is 0 Å². The number of hydrogen-bond donors (Lipinski definition) is 1. The summed E-state index contributed by atoms with van der Waals surface area (Å²) in [5, 5.41) is 1.52. The molecule has 1 atom stereocenters. The van der Waals surface area contributed by atoms with Crippen LogP contribution in [-0.4, -0.2) is 16.8 Å². The molecule has 0 saturated carbocycles. The van der Waals surface area contributed by atoms with Crippen LogP contribution < -0.4 is 5.73 Å². The fourth-order valence-corrected chi connectivity index (χ4v) is 2.08. The van der Waals surface area contributed by atoms with Crippen molar-refractivity contribution >= 4 is 11.8 Å². The van der Waals surface area contributed by atoms with Gasteiger partial charge in [0.05, 0.1) is 5.03 Å². The Hall–Kier alpha value is -0.540. The molecule has 3 heteroatoms. The summed E-state index contributed by atoms with van der Waals surface area (Å²) < 4.78 is 0. The van der Waals surface area contributed by atoms with Crippen molar-refractivity contribution in [2.24, 2.45) is 5.73 Å². The molecule has 0 saturated heterocycles. The van der Waals surface area contributed by atoms with Crippen LogP contribution >= 0.6 is 11.8 Å². The third kappa shape index (κ3) is 3.36. The van der Waals surface area contributed by atoms with Crippen molar-refractivity contribution in [3.8, 4) is 0 Å². The zero-order chi connectivity index (χ0) is 9.84. The lowest BCUT2D eigenvalue weighted by Gasteiger charge is -2.08. The van der Waals surface area contributed by atoms with Crippen molar-refractivity contribution in [1.29, 1.82) is 0 Å². The molecule has 0 bridgehead atoms. The number of hydrogen-bond acceptors (Lipinski definition) is 3. The van der Waals surface area contributed by atoms with E-state index >= 15 is 0 Å². The van der Waals surface area contributed by atoms with Crippen LogP contribution in [0.1, 0.15) is 18.2 Å². The summed E-state index contributed by atoms with van der Waals surface area (Å²) in [4.78, 5) is 4.43. The first-order valence-corrected chi connectivity index (χ1v) is 5.32. The van der Waals surface area contributed by atoms with Crippen LogP contribution in [0.15, 0.2) is 17.2 Å². The Balaban J connectivity index is 2.77. The zero-order valence-electron chi connectivity index (χ0n) is 8.37. The Morgan fingerprint density at radius 1 is 1.46 bits per heavy atom. The number of pyridine rings is 1. The van der Waals surface area contributed by atoms with Gasteiger partial charge in [0.1, 0.15) is 0 Å². The SMILES string of the molecule is Cc1cc(C)nc(SC(C)CN)c1. The molecule has 0 amide bonds. The van der Waals surface area contributed by atoms with Gasteiger partial charge in [0, 0.05) is 17.5 Å². The smallest absolute Gasteiger partial charge is 0.0968 e. The summed E-state index contributed by atoms with van der Waals surface area (Å²) in [7, 11) is 0. The molecule has 1 unspecified atom stereocenters. The number of nitrogens with zero attached hydrogens (tertiary/aromatic N) is 1. The highest BCUT2D eigenvalue weighted by Gasteiger charge is 2.03. The highest BCUT2D eigenvalue weighted by atomic mass is 32.2. The van der Waals surface area contributed by atoms with Crippen LogP contribution in [0.2, 0.25) is 0 Å². The lowest BCUT2D eigenvalue weighted by Crippen LogP contribution is -2.12. The third-order valence-corrected chi connectivity index (χ3v) is 2.77. The Morgan fingerprint density at radius 2 is 2.15 bits per heavy atom. The van der Waals surface area contributed by atoms with E-state index in [1.54, 1.807) is 11.8 Å². The predicted molar refractivity (Wildman–Crippen MR) is 58.1 cm³/mol. The van der Waals surface area contributed by atoms with Gasteiger partial charge in [-0.1, -0.05) is 6.92 Å². The molecule has 0 aliphatic heterocycles. The van der Waals surface area contributed by atoms with E-state index in [1.807, 2.05) is 6.92 Å². The lowest BCUT2D eigenvalue weighted by molar-refractivity contribution is 0.940. The lowest BCUT2D eigenvalue weighted by atomic mass is 10.3. The third-order valence-electron chi connectivity index (χ3n) is 1.73. The summed E-state index contributed by atoms with van der Waals surface area (Å²) in [6, 6.07) is 4.18. The zero-order valence-corrected chi connectivity index (χ0v) is 9.19. The molecule has 1 heterocycles. The second-order valence-electron chi connectivity index (χ2n) is 3.29. The molecular formula is C10H16N2S. The maximum atomic E-state index is 5.55. The van der Waals surface area contributed by atoms with Crippen molar-refractivity contribution in [1.82, 2.24) is 4.98 Å². The standard InChI is InChI=1S/C10H16N2S/c1-7-4-8(2)12-10(5-7)13-9(3)6-11/h4-5,9H,6,11H2,1-3H3. The van der Waals surface area contributed by atoms with E-state index in [1.165, 1.54) is 5.56 Å². The van der Waals surface area contributed by atoms with Crippen molar-refractivity contribution in [3.05, 3.63) is 23.4 Å². The van der Waals surface area contributed by atoms with E-state index in [4.69, 9.17) is 5.73 Å². The van der Waals surface area contributed by atoms with Crippen LogP contribution in [-0.2, 0) is 0 Å². The van der Waals surface area contributed by atoms with Gasteiger partial charge in [0.25, 0.3) is 0 Å². The van der Waals surface area contributed by atoms with E-state index in [-0.39, 0.29) is 0 Å². The molecule has 0 aliphatic rings. The van der Waals surface area contributed by atoms with Crippen LogP contribution in [0.5, 0.6) is 0 Å². The van der Waals surface area contributed by atoms with Gasteiger partial charge in [0.15, 0.2) is 0 Å². The molecule has 0 aromatic carbocycles. The highest BCUT2D eigenvalue weighted by Crippen LogP contribution is 2.21. The minimum Gasteiger partial charge on any atom is -0.329 e. The molecule has 0 radical (unpaired) electrons. The van der Waals surface area contributed by atoms with Gasteiger partial charge in [0.2, 0.25) is 0 Å². The maximum absolute atomic E-state index is 5.55. The van der Waals surface area contributed by atoms with E-state index < -0.39 is 0 Å².